The third kappa shape index (κ3) is 5.22. The first-order chi connectivity index (χ1) is 16.1. The van der Waals surface area contributed by atoms with E-state index in [1.54, 1.807) is 16.7 Å². The molecule has 1 saturated carbocycles. The van der Waals surface area contributed by atoms with Crippen LogP contribution in [0.5, 0.6) is 0 Å². The van der Waals surface area contributed by atoms with Crippen molar-refractivity contribution in [2.75, 3.05) is 20.3 Å². The average molecular weight is 450 g/mol. The summed E-state index contributed by atoms with van der Waals surface area (Å²) in [7, 11) is 1.59. The summed E-state index contributed by atoms with van der Waals surface area (Å²) < 4.78 is 6.88. The highest BCUT2D eigenvalue weighted by molar-refractivity contribution is 5.89. The number of rotatable bonds is 9. The van der Waals surface area contributed by atoms with Gasteiger partial charge in [0.1, 0.15) is 18.1 Å². The molecule has 1 aliphatic rings. The largest absolute Gasteiger partial charge is 0.383 e. The lowest BCUT2D eigenvalue weighted by Crippen LogP contribution is -2.48. The zero-order valence-corrected chi connectivity index (χ0v) is 19.2. The molecule has 0 spiro atoms. The number of methoxy groups -OCH3 is 1. The number of fused-ring (bicyclic) bond motifs is 1. The maximum absolute atomic E-state index is 13.6. The quantitative estimate of drug-likeness (QED) is 0.542. The van der Waals surface area contributed by atoms with Gasteiger partial charge in [0.25, 0.3) is 0 Å². The fraction of sp³-hybridized carbons (Fsp3) is 0.440. The van der Waals surface area contributed by atoms with Crippen molar-refractivity contribution in [1.82, 2.24) is 25.2 Å². The van der Waals surface area contributed by atoms with Crippen molar-refractivity contribution in [3.63, 3.8) is 0 Å². The molecule has 2 amide bonds. The Hall–Kier alpha value is -3.26. The molecule has 4 rings (SSSR count). The van der Waals surface area contributed by atoms with E-state index in [2.05, 4.69) is 15.6 Å². The number of aryl methyl sites for hydroxylation is 1. The van der Waals surface area contributed by atoms with Crippen LogP contribution >= 0.6 is 0 Å². The Kier molecular flexibility index (Phi) is 7.34. The van der Waals surface area contributed by atoms with Gasteiger partial charge in [-0.25, -0.2) is 4.68 Å². The maximum atomic E-state index is 13.6. The van der Waals surface area contributed by atoms with Crippen molar-refractivity contribution in [2.24, 2.45) is 0 Å². The molecule has 1 heterocycles. The summed E-state index contributed by atoms with van der Waals surface area (Å²) in [6.07, 6.45) is 4.18. The van der Waals surface area contributed by atoms with Crippen molar-refractivity contribution in [1.29, 1.82) is 0 Å². The van der Waals surface area contributed by atoms with Crippen LogP contribution in [0.25, 0.3) is 11.0 Å². The maximum Gasteiger partial charge on any atom is 0.247 e. The fourth-order valence-electron chi connectivity index (χ4n) is 4.54. The number of hydrogen-bond donors (Lipinski definition) is 1. The second-order valence-electron chi connectivity index (χ2n) is 8.56. The van der Waals surface area contributed by atoms with E-state index in [-0.39, 0.29) is 24.4 Å². The highest BCUT2D eigenvalue weighted by Gasteiger charge is 2.34. The van der Waals surface area contributed by atoms with E-state index in [9.17, 15) is 9.59 Å². The Balaban J connectivity index is 1.66. The number of nitrogens with one attached hydrogen (secondary N) is 1. The van der Waals surface area contributed by atoms with Gasteiger partial charge in [-0.2, -0.15) is 0 Å². The normalized spacial score (nSPS) is 15.0. The summed E-state index contributed by atoms with van der Waals surface area (Å²) >= 11 is 0. The lowest BCUT2D eigenvalue weighted by atomic mass is 9.98. The van der Waals surface area contributed by atoms with Crippen molar-refractivity contribution in [2.45, 2.75) is 51.2 Å². The lowest BCUT2D eigenvalue weighted by Gasteiger charge is -2.33. The van der Waals surface area contributed by atoms with Crippen molar-refractivity contribution >= 4 is 22.8 Å². The molecule has 8 heteroatoms. The molecule has 0 aliphatic heterocycles. The first-order valence-corrected chi connectivity index (χ1v) is 11.5. The molecule has 3 aromatic rings. The van der Waals surface area contributed by atoms with Gasteiger partial charge in [-0.05, 0) is 43.0 Å². The zero-order valence-electron chi connectivity index (χ0n) is 19.2. The molecule has 0 radical (unpaired) electrons. The van der Waals surface area contributed by atoms with Crippen LogP contribution in [0.1, 0.15) is 42.9 Å². The number of hydrogen-bond acceptors (Lipinski definition) is 5. The highest BCUT2D eigenvalue weighted by Crippen LogP contribution is 2.27. The van der Waals surface area contributed by atoms with E-state index in [1.807, 2.05) is 55.5 Å². The number of carbonyl (C=O) groups excluding carboxylic acids is 2. The number of ether oxygens (including phenoxy) is 1. The van der Waals surface area contributed by atoms with Crippen LogP contribution in [-0.4, -0.2) is 58.0 Å². The summed E-state index contributed by atoms with van der Waals surface area (Å²) in [5.74, 6) is -0.360. The van der Waals surface area contributed by atoms with Gasteiger partial charge in [0, 0.05) is 19.7 Å². The van der Waals surface area contributed by atoms with Gasteiger partial charge in [-0.15, -0.1) is 5.10 Å². The fourth-order valence-corrected chi connectivity index (χ4v) is 4.54. The lowest BCUT2D eigenvalue weighted by molar-refractivity contribution is -0.142. The second-order valence-corrected chi connectivity index (χ2v) is 8.56. The molecule has 0 saturated heterocycles. The molecular formula is C25H31N5O3. The van der Waals surface area contributed by atoms with Crippen LogP contribution in [0.15, 0.2) is 48.5 Å². The van der Waals surface area contributed by atoms with E-state index in [4.69, 9.17) is 4.74 Å². The van der Waals surface area contributed by atoms with Crippen molar-refractivity contribution in [3.8, 4) is 0 Å². The Bertz CT molecular complexity index is 1110. The number of benzene rings is 2. The van der Waals surface area contributed by atoms with Gasteiger partial charge in [-0.3, -0.25) is 9.59 Å². The predicted octanol–water partition coefficient (Wildman–Crippen LogP) is 3.01. The van der Waals surface area contributed by atoms with E-state index in [1.165, 1.54) is 0 Å². The van der Waals surface area contributed by atoms with Gasteiger partial charge in [0.15, 0.2) is 0 Å². The minimum Gasteiger partial charge on any atom is -0.383 e. The molecule has 8 nitrogen and oxygen atoms in total. The molecule has 1 aliphatic carbocycles. The molecule has 1 aromatic heterocycles. The Labute approximate surface area is 193 Å². The van der Waals surface area contributed by atoms with Gasteiger partial charge >= 0.3 is 0 Å². The summed E-state index contributed by atoms with van der Waals surface area (Å²) in [6, 6.07) is 14.7. The zero-order chi connectivity index (χ0) is 23.2. The minimum atomic E-state index is -0.746. The average Bonchev–Trinajstić information content (AvgIpc) is 3.47. The number of nitrogens with zero attached hydrogens (tertiary/aromatic N) is 4. The third-order valence-corrected chi connectivity index (χ3v) is 6.31. The van der Waals surface area contributed by atoms with Crippen molar-refractivity contribution < 1.29 is 14.3 Å². The highest BCUT2D eigenvalue weighted by atomic mass is 16.5. The number of aromatic nitrogens is 3. The first kappa shape index (κ1) is 22.9. The molecule has 0 unspecified atom stereocenters. The van der Waals surface area contributed by atoms with Crippen molar-refractivity contribution in [3.05, 3.63) is 59.7 Å². The predicted molar refractivity (Wildman–Crippen MR) is 125 cm³/mol. The SMILES string of the molecule is COCCN(C(=O)Cn1nnc2ccccc21)[C@H](C(=O)NC1CCCC1)c1ccccc1C. The molecule has 1 N–H and O–H groups in total. The summed E-state index contributed by atoms with van der Waals surface area (Å²) in [5, 5.41) is 11.5. The van der Waals surface area contributed by atoms with E-state index >= 15 is 0 Å². The topological polar surface area (TPSA) is 89.3 Å². The molecule has 33 heavy (non-hydrogen) atoms. The third-order valence-electron chi connectivity index (χ3n) is 6.31. The molecule has 174 valence electrons. The molecular weight excluding hydrogens is 418 g/mol. The van der Waals surface area contributed by atoms with Gasteiger partial charge < -0.3 is 15.0 Å². The molecule has 0 bridgehead atoms. The van der Waals surface area contributed by atoms with Crippen LogP contribution in [0.2, 0.25) is 0 Å². The molecule has 1 atom stereocenters. The number of amides is 2. The summed E-state index contributed by atoms with van der Waals surface area (Å²) in [5.41, 5.74) is 3.29. The van der Waals surface area contributed by atoms with E-state index in [0.717, 1.165) is 47.8 Å². The smallest absolute Gasteiger partial charge is 0.247 e. The summed E-state index contributed by atoms with van der Waals surface area (Å²) in [4.78, 5) is 28.8. The van der Waals surface area contributed by atoms with E-state index in [0.29, 0.717) is 13.2 Å². The number of carbonyl (C=O) groups is 2. The molecule has 2 aromatic carbocycles. The Morgan fingerprint density at radius 1 is 1.15 bits per heavy atom. The standard InChI is InChI=1S/C25H31N5O3/c1-18-9-3-6-12-20(18)24(25(32)26-19-10-4-5-11-19)29(15-16-33-2)23(31)17-30-22-14-8-7-13-21(22)27-28-30/h3,6-9,12-14,19,24H,4-5,10-11,15-17H2,1-2H3,(H,26,32)/t24-/m0/s1. The van der Waals surface area contributed by atoms with Gasteiger partial charge in [0.2, 0.25) is 11.8 Å². The summed E-state index contributed by atoms with van der Waals surface area (Å²) in [6.45, 7) is 2.57. The van der Waals surface area contributed by atoms with Crippen LogP contribution < -0.4 is 5.32 Å². The number of para-hydroxylation sites is 1. The minimum absolute atomic E-state index is 0.0106. The monoisotopic (exact) mass is 449 g/mol. The Morgan fingerprint density at radius 2 is 1.88 bits per heavy atom. The Morgan fingerprint density at radius 3 is 2.64 bits per heavy atom. The van der Waals surface area contributed by atoms with Crippen LogP contribution in [-0.2, 0) is 20.9 Å². The van der Waals surface area contributed by atoms with Crippen LogP contribution in [0.3, 0.4) is 0 Å². The second kappa shape index (κ2) is 10.6. The van der Waals surface area contributed by atoms with Gasteiger partial charge in [-0.1, -0.05) is 54.5 Å². The van der Waals surface area contributed by atoms with Crippen LogP contribution in [0, 0.1) is 6.92 Å². The first-order valence-electron chi connectivity index (χ1n) is 11.5. The van der Waals surface area contributed by atoms with Gasteiger partial charge in [0.05, 0.1) is 12.1 Å². The van der Waals surface area contributed by atoms with Crippen LogP contribution in [0.4, 0.5) is 0 Å². The van der Waals surface area contributed by atoms with E-state index < -0.39 is 6.04 Å². The molecule has 1 fully saturated rings.